The Bertz CT molecular complexity index is 727. The molecule has 1 unspecified atom stereocenters. The van der Waals surface area contributed by atoms with Crippen LogP contribution < -0.4 is 5.73 Å². The molecule has 0 bridgehead atoms. The number of aliphatic imine (C=N–C) groups is 1. The summed E-state index contributed by atoms with van der Waals surface area (Å²) in [6.45, 7) is 6.06. The number of nitrogens with zero attached hydrogens (tertiary/aromatic N) is 4. The molecule has 1 aliphatic heterocycles. The number of primary amides is 1. The number of aryl methyl sites for hydroxylation is 2. The van der Waals surface area contributed by atoms with Gasteiger partial charge in [-0.2, -0.15) is 0 Å². The monoisotopic (exact) mass is 289 g/mol. The average Bonchev–Trinajstić information content (AvgIpc) is 2.82. The van der Waals surface area contributed by atoms with E-state index in [2.05, 4.69) is 29.0 Å². The molecule has 0 saturated carbocycles. The van der Waals surface area contributed by atoms with E-state index in [0.717, 1.165) is 16.4 Å². The van der Waals surface area contributed by atoms with Gasteiger partial charge in [0, 0.05) is 16.7 Å². The SMILES string of the molecule is Cc1sc2c(c1C)C=NC(CC(N)=O)c1nnc(C)n1-2. The fourth-order valence-electron chi connectivity index (χ4n) is 2.36. The third-order valence-corrected chi connectivity index (χ3v) is 4.75. The third kappa shape index (κ3) is 1.85. The average molecular weight is 289 g/mol. The molecule has 0 aliphatic carbocycles. The number of nitrogens with two attached hydrogens (primary N) is 1. The van der Waals surface area contributed by atoms with Crippen molar-refractivity contribution in [1.82, 2.24) is 14.8 Å². The molecule has 0 saturated heterocycles. The smallest absolute Gasteiger partial charge is 0.220 e. The van der Waals surface area contributed by atoms with Gasteiger partial charge in [-0.3, -0.25) is 14.4 Å². The molecule has 0 radical (unpaired) electrons. The molecule has 1 atom stereocenters. The number of carbonyl (C=O) groups excluding carboxylic acids is 1. The van der Waals surface area contributed by atoms with Gasteiger partial charge in [0.1, 0.15) is 16.9 Å². The van der Waals surface area contributed by atoms with E-state index in [-0.39, 0.29) is 12.5 Å². The number of amides is 1. The quantitative estimate of drug-likeness (QED) is 0.911. The van der Waals surface area contributed by atoms with Gasteiger partial charge in [0.15, 0.2) is 5.82 Å². The highest BCUT2D eigenvalue weighted by Gasteiger charge is 2.27. The highest BCUT2D eigenvalue weighted by Crippen LogP contribution is 2.35. The van der Waals surface area contributed by atoms with Gasteiger partial charge in [-0.05, 0) is 26.3 Å². The number of thiophene rings is 1. The third-order valence-electron chi connectivity index (χ3n) is 3.54. The van der Waals surface area contributed by atoms with Crippen LogP contribution in [0.3, 0.4) is 0 Å². The van der Waals surface area contributed by atoms with Gasteiger partial charge in [0.25, 0.3) is 0 Å². The van der Waals surface area contributed by atoms with Crippen molar-refractivity contribution >= 4 is 23.5 Å². The van der Waals surface area contributed by atoms with Gasteiger partial charge >= 0.3 is 0 Å². The van der Waals surface area contributed by atoms with Crippen LogP contribution in [0.4, 0.5) is 0 Å². The number of rotatable bonds is 2. The highest BCUT2D eigenvalue weighted by atomic mass is 32.1. The first-order chi connectivity index (χ1) is 9.49. The van der Waals surface area contributed by atoms with Crippen molar-refractivity contribution in [3.8, 4) is 5.00 Å². The molecule has 104 valence electrons. The Balaban J connectivity index is 2.24. The fraction of sp³-hybridized carbons (Fsp3) is 0.385. The lowest BCUT2D eigenvalue weighted by Gasteiger charge is -2.09. The van der Waals surface area contributed by atoms with E-state index in [1.807, 2.05) is 17.7 Å². The normalized spacial score (nSPS) is 16.6. The molecule has 7 heteroatoms. The number of fused-ring (bicyclic) bond motifs is 3. The summed E-state index contributed by atoms with van der Waals surface area (Å²) >= 11 is 1.69. The van der Waals surface area contributed by atoms with Crippen LogP contribution in [-0.2, 0) is 4.79 Å². The summed E-state index contributed by atoms with van der Waals surface area (Å²) in [4.78, 5) is 17.0. The van der Waals surface area contributed by atoms with Crippen molar-refractivity contribution in [1.29, 1.82) is 0 Å². The molecule has 0 aromatic carbocycles. The van der Waals surface area contributed by atoms with Crippen LogP contribution in [0.25, 0.3) is 5.00 Å². The lowest BCUT2D eigenvalue weighted by atomic mass is 10.2. The zero-order chi connectivity index (χ0) is 14.4. The van der Waals surface area contributed by atoms with Crippen LogP contribution >= 0.6 is 11.3 Å². The van der Waals surface area contributed by atoms with E-state index < -0.39 is 5.91 Å². The summed E-state index contributed by atoms with van der Waals surface area (Å²) in [5, 5.41) is 9.38. The molecule has 3 heterocycles. The second-order valence-electron chi connectivity index (χ2n) is 4.91. The Morgan fingerprint density at radius 2 is 2.15 bits per heavy atom. The van der Waals surface area contributed by atoms with Crippen LogP contribution in [0.1, 0.15) is 40.1 Å². The number of carbonyl (C=O) groups is 1. The molecule has 2 aromatic heterocycles. The summed E-state index contributed by atoms with van der Waals surface area (Å²) in [6, 6.07) is -0.368. The summed E-state index contributed by atoms with van der Waals surface area (Å²) in [5.74, 6) is 1.08. The van der Waals surface area contributed by atoms with E-state index >= 15 is 0 Å². The molecule has 6 nitrogen and oxygen atoms in total. The molecule has 2 aromatic rings. The van der Waals surface area contributed by atoms with E-state index in [1.54, 1.807) is 11.3 Å². The molecule has 1 aliphatic rings. The molecule has 0 fully saturated rings. The van der Waals surface area contributed by atoms with Crippen molar-refractivity contribution in [2.45, 2.75) is 33.2 Å². The predicted octanol–water partition coefficient (Wildman–Crippen LogP) is 1.60. The standard InChI is InChI=1S/C13H15N5OS/c1-6-7(2)20-13-9(6)5-15-10(4-11(14)19)12-17-16-8(3)18(12)13/h5,10H,4H2,1-3H3,(H2,14,19). The summed E-state index contributed by atoms with van der Waals surface area (Å²) in [5.41, 5.74) is 7.58. The maximum Gasteiger partial charge on any atom is 0.220 e. The fourth-order valence-corrected chi connectivity index (χ4v) is 3.54. The lowest BCUT2D eigenvalue weighted by molar-refractivity contribution is -0.118. The highest BCUT2D eigenvalue weighted by molar-refractivity contribution is 7.15. The molecule has 20 heavy (non-hydrogen) atoms. The first kappa shape index (κ1) is 13.0. The van der Waals surface area contributed by atoms with Crippen LogP contribution in [-0.4, -0.2) is 26.9 Å². The van der Waals surface area contributed by atoms with Crippen LogP contribution in [0.15, 0.2) is 4.99 Å². The molecule has 2 N–H and O–H groups in total. The number of aromatic nitrogens is 3. The summed E-state index contributed by atoms with van der Waals surface area (Å²) in [7, 11) is 0. The van der Waals surface area contributed by atoms with Gasteiger partial charge in [0.2, 0.25) is 5.91 Å². The van der Waals surface area contributed by atoms with Crippen LogP contribution in [0.2, 0.25) is 0 Å². The zero-order valence-corrected chi connectivity index (χ0v) is 12.4. The van der Waals surface area contributed by atoms with Crippen molar-refractivity contribution < 1.29 is 4.79 Å². The number of hydrogen-bond acceptors (Lipinski definition) is 5. The van der Waals surface area contributed by atoms with Crippen molar-refractivity contribution in [3.63, 3.8) is 0 Å². The van der Waals surface area contributed by atoms with Gasteiger partial charge in [0.05, 0.1) is 6.42 Å². The maximum atomic E-state index is 11.2. The van der Waals surface area contributed by atoms with Gasteiger partial charge in [-0.25, -0.2) is 0 Å². The zero-order valence-electron chi connectivity index (χ0n) is 11.5. The van der Waals surface area contributed by atoms with Crippen molar-refractivity contribution in [2.24, 2.45) is 10.7 Å². The van der Waals surface area contributed by atoms with E-state index in [4.69, 9.17) is 5.73 Å². The topological polar surface area (TPSA) is 86.2 Å². The molecule has 3 rings (SSSR count). The minimum absolute atomic E-state index is 0.140. The van der Waals surface area contributed by atoms with Crippen LogP contribution in [0.5, 0.6) is 0 Å². The van der Waals surface area contributed by atoms with Crippen molar-refractivity contribution in [3.05, 3.63) is 27.7 Å². The largest absolute Gasteiger partial charge is 0.370 e. The Kier molecular flexibility index (Phi) is 2.93. The molecule has 1 amide bonds. The Hall–Kier alpha value is -2.02. The van der Waals surface area contributed by atoms with Gasteiger partial charge in [-0.15, -0.1) is 21.5 Å². The van der Waals surface area contributed by atoms with Gasteiger partial charge in [-0.1, -0.05) is 0 Å². The van der Waals surface area contributed by atoms with Crippen molar-refractivity contribution in [2.75, 3.05) is 0 Å². The number of hydrogen-bond donors (Lipinski definition) is 1. The minimum Gasteiger partial charge on any atom is -0.370 e. The molecular weight excluding hydrogens is 274 g/mol. The Morgan fingerprint density at radius 1 is 1.40 bits per heavy atom. The first-order valence-electron chi connectivity index (χ1n) is 6.32. The second-order valence-corrected chi connectivity index (χ2v) is 6.11. The first-order valence-corrected chi connectivity index (χ1v) is 7.14. The van der Waals surface area contributed by atoms with Gasteiger partial charge < -0.3 is 5.73 Å². The van der Waals surface area contributed by atoms with Crippen LogP contribution in [0, 0.1) is 20.8 Å². The summed E-state index contributed by atoms with van der Waals surface area (Å²) < 4.78 is 1.99. The molecule has 0 spiro atoms. The Morgan fingerprint density at radius 3 is 2.85 bits per heavy atom. The summed E-state index contributed by atoms with van der Waals surface area (Å²) in [6.07, 6.45) is 1.97. The molecular formula is C13H15N5OS. The maximum absolute atomic E-state index is 11.2. The second kappa shape index (κ2) is 4.52. The Labute approximate surface area is 120 Å². The lowest BCUT2D eigenvalue weighted by Crippen LogP contribution is -2.16. The predicted molar refractivity (Wildman–Crippen MR) is 77.6 cm³/mol. The van der Waals surface area contributed by atoms with E-state index in [0.29, 0.717) is 5.82 Å². The van der Waals surface area contributed by atoms with E-state index in [9.17, 15) is 4.79 Å². The minimum atomic E-state index is -0.391. The van der Waals surface area contributed by atoms with E-state index in [1.165, 1.54) is 10.4 Å².